The molecule has 3 fully saturated rings. The number of rotatable bonds is 3. The molecule has 2 saturated heterocycles. The van der Waals surface area contributed by atoms with Crippen LogP contribution < -0.4 is 0 Å². The van der Waals surface area contributed by atoms with Gasteiger partial charge in [0.05, 0.1) is 18.8 Å². The summed E-state index contributed by atoms with van der Waals surface area (Å²) in [6, 6.07) is 1.93. The average Bonchev–Trinajstić information content (AvgIpc) is 3.33. The molecule has 1 spiro atoms. The lowest BCUT2D eigenvalue weighted by molar-refractivity contribution is -0.192. The smallest absolute Gasteiger partial charge is 0.475 e. The molecule has 0 radical (unpaired) electrons. The number of thiophene rings is 1. The van der Waals surface area contributed by atoms with Gasteiger partial charge in [0, 0.05) is 37.1 Å². The Balaban J connectivity index is 0.000000298. The van der Waals surface area contributed by atoms with E-state index in [9.17, 15) is 18.0 Å². The highest BCUT2D eigenvalue weighted by molar-refractivity contribution is 7.08. The molecule has 4 rings (SSSR count). The van der Waals surface area contributed by atoms with Crippen molar-refractivity contribution in [2.75, 3.05) is 39.4 Å². The number of nitrogens with zero attached hydrogens (tertiary/aromatic N) is 2. The standard InChI is InChI=1S/C17H24N2O2S.C2HF3O2/c20-16(15-3-10-22-12-15)18-6-4-17(5-7-18)13-21-9-8-19(17)11-14-1-2-14;3-2(4,5)1(6)7/h3,10,12,14H,1-2,4-9,11,13H2;(H,6,7). The van der Waals surface area contributed by atoms with E-state index in [0.717, 1.165) is 57.2 Å². The van der Waals surface area contributed by atoms with Gasteiger partial charge in [-0.05, 0) is 43.0 Å². The minimum absolute atomic E-state index is 0.187. The molecule has 3 heterocycles. The van der Waals surface area contributed by atoms with Crippen molar-refractivity contribution in [1.82, 2.24) is 9.80 Å². The van der Waals surface area contributed by atoms with Crippen molar-refractivity contribution in [1.29, 1.82) is 0 Å². The molecule has 162 valence electrons. The van der Waals surface area contributed by atoms with Gasteiger partial charge in [-0.3, -0.25) is 9.69 Å². The normalized spacial score (nSPS) is 22.1. The number of amides is 1. The molecule has 0 aromatic carbocycles. The fourth-order valence-electron chi connectivity index (χ4n) is 3.82. The van der Waals surface area contributed by atoms with Gasteiger partial charge < -0.3 is 14.7 Å². The van der Waals surface area contributed by atoms with Gasteiger partial charge in [-0.1, -0.05) is 0 Å². The van der Waals surface area contributed by atoms with Crippen LogP contribution >= 0.6 is 11.3 Å². The van der Waals surface area contributed by atoms with Crippen LogP contribution in [-0.4, -0.2) is 77.9 Å². The van der Waals surface area contributed by atoms with E-state index >= 15 is 0 Å². The molecule has 3 aliphatic rings. The molecule has 1 aromatic heterocycles. The Morgan fingerprint density at radius 3 is 2.41 bits per heavy atom. The molecule has 1 amide bonds. The molecule has 6 nitrogen and oxygen atoms in total. The maximum absolute atomic E-state index is 12.5. The third-order valence-electron chi connectivity index (χ3n) is 5.71. The van der Waals surface area contributed by atoms with Gasteiger partial charge in [0.15, 0.2) is 0 Å². The first-order valence-electron chi connectivity index (χ1n) is 9.66. The number of hydrogen-bond acceptors (Lipinski definition) is 5. The summed E-state index contributed by atoms with van der Waals surface area (Å²) in [5.74, 6) is -1.64. The van der Waals surface area contributed by atoms with E-state index in [1.807, 2.05) is 21.7 Å². The Bertz CT molecular complexity index is 699. The van der Waals surface area contributed by atoms with E-state index in [1.54, 1.807) is 11.3 Å². The summed E-state index contributed by atoms with van der Waals surface area (Å²) in [5, 5.41) is 11.1. The summed E-state index contributed by atoms with van der Waals surface area (Å²) in [6.07, 6.45) is -0.183. The Hall–Kier alpha value is -1.65. The summed E-state index contributed by atoms with van der Waals surface area (Å²) in [6.45, 7) is 5.74. The molecule has 0 bridgehead atoms. The predicted molar refractivity (Wildman–Crippen MR) is 101 cm³/mol. The van der Waals surface area contributed by atoms with Crippen LogP contribution in [0.5, 0.6) is 0 Å². The van der Waals surface area contributed by atoms with Gasteiger partial charge in [0.1, 0.15) is 0 Å². The molecule has 10 heteroatoms. The van der Waals surface area contributed by atoms with Crippen molar-refractivity contribution in [3.63, 3.8) is 0 Å². The quantitative estimate of drug-likeness (QED) is 0.792. The van der Waals surface area contributed by atoms with Crippen molar-refractivity contribution >= 4 is 23.2 Å². The largest absolute Gasteiger partial charge is 0.490 e. The Labute approximate surface area is 171 Å². The molecular formula is C19H25F3N2O4S. The second kappa shape index (κ2) is 9.01. The number of carboxylic acids is 1. The number of carbonyl (C=O) groups is 2. The van der Waals surface area contributed by atoms with Crippen LogP contribution in [0, 0.1) is 5.92 Å². The number of carboxylic acid groups (broad SMARTS) is 1. The molecule has 1 saturated carbocycles. The summed E-state index contributed by atoms with van der Waals surface area (Å²) >= 11 is 1.59. The highest BCUT2D eigenvalue weighted by Gasteiger charge is 2.44. The van der Waals surface area contributed by atoms with E-state index in [0.29, 0.717) is 0 Å². The van der Waals surface area contributed by atoms with E-state index in [4.69, 9.17) is 14.6 Å². The maximum atomic E-state index is 12.5. The monoisotopic (exact) mass is 434 g/mol. The van der Waals surface area contributed by atoms with E-state index in [-0.39, 0.29) is 11.4 Å². The minimum atomic E-state index is -5.08. The first-order chi connectivity index (χ1) is 13.7. The number of piperidine rings is 1. The fraction of sp³-hybridized carbons (Fsp3) is 0.684. The van der Waals surface area contributed by atoms with Gasteiger partial charge in [-0.2, -0.15) is 24.5 Å². The van der Waals surface area contributed by atoms with Gasteiger partial charge >= 0.3 is 12.1 Å². The number of ether oxygens (including phenoxy) is 1. The Kier molecular flexibility index (Phi) is 6.85. The zero-order chi connectivity index (χ0) is 21.1. The van der Waals surface area contributed by atoms with Crippen LogP contribution in [0.25, 0.3) is 0 Å². The maximum Gasteiger partial charge on any atom is 0.490 e. The lowest BCUT2D eigenvalue weighted by Crippen LogP contribution is -2.62. The van der Waals surface area contributed by atoms with E-state index < -0.39 is 12.1 Å². The van der Waals surface area contributed by atoms with E-state index in [2.05, 4.69) is 4.90 Å². The van der Waals surface area contributed by atoms with Crippen LogP contribution in [0.2, 0.25) is 0 Å². The number of morpholine rings is 1. The average molecular weight is 434 g/mol. The number of likely N-dealkylation sites (tertiary alicyclic amines) is 1. The van der Waals surface area contributed by atoms with Crippen LogP contribution in [-0.2, 0) is 9.53 Å². The molecular weight excluding hydrogens is 409 g/mol. The van der Waals surface area contributed by atoms with Crippen molar-refractivity contribution in [2.45, 2.75) is 37.4 Å². The van der Waals surface area contributed by atoms with Crippen LogP contribution in [0.3, 0.4) is 0 Å². The van der Waals surface area contributed by atoms with Crippen LogP contribution in [0.15, 0.2) is 16.8 Å². The second-order valence-corrected chi connectivity index (χ2v) is 8.55. The number of aliphatic carboxylic acids is 1. The summed E-state index contributed by atoms with van der Waals surface area (Å²) in [5.41, 5.74) is 1.03. The topological polar surface area (TPSA) is 70.1 Å². The first-order valence-corrected chi connectivity index (χ1v) is 10.6. The predicted octanol–water partition coefficient (Wildman–Crippen LogP) is 3.10. The highest BCUT2D eigenvalue weighted by Crippen LogP contribution is 2.37. The molecule has 2 aliphatic heterocycles. The lowest BCUT2D eigenvalue weighted by Gasteiger charge is -2.51. The van der Waals surface area contributed by atoms with Gasteiger partial charge in [0.2, 0.25) is 0 Å². The molecule has 29 heavy (non-hydrogen) atoms. The third kappa shape index (κ3) is 5.70. The van der Waals surface area contributed by atoms with Crippen LogP contribution in [0.4, 0.5) is 13.2 Å². The van der Waals surface area contributed by atoms with Gasteiger partial charge in [0.25, 0.3) is 5.91 Å². The molecule has 0 atom stereocenters. The number of carbonyl (C=O) groups excluding carboxylic acids is 1. The van der Waals surface area contributed by atoms with Crippen molar-refractivity contribution in [2.24, 2.45) is 5.92 Å². The number of alkyl halides is 3. The second-order valence-electron chi connectivity index (χ2n) is 7.77. The fourth-order valence-corrected chi connectivity index (χ4v) is 4.45. The first kappa shape index (κ1) is 22.0. The summed E-state index contributed by atoms with van der Waals surface area (Å²) in [4.78, 5) is 26.1. The Morgan fingerprint density at radius 1 is 1.24 bits per heavy atom. The number of halogens is 3. The van der Waals surface area contributed by atoms with E-state index in [1.165, 1.54) is 19.4 Å². The zero-order valence-electron chi connectivity index (χ0n) is 16.0. The minimum Gasteiger partial charge on any atom is -0.475 e. The van der Waals surface area contributed by atoms with Crippen LogP contribution in [0.1, 0.15) is 36.0 Å². The summed E-state index contributed by atoms with van der Waals surface area (Å²) in [7, 11) is 0. The lowest BCUT2D eigenvalue weighted by atomic mass is 9.85. The summed E-state index contributed by atoms with van der Waals surface area (Å²) < 4.78 is 37.6. The third-order valence-corrected chi connectivity index (χ3v) is 6.40. The number of hydrogen-bond donors (Lipinski definition) is 1. The molecule has 1 aromatic rings. The molecule has 1 aliphatic carbocycles. The highest BCUT2D eigenvalue weighted by atomic mass is 32.1. The molecule has 0 unspecified atom stereocenters. The molecule has 1 N–H and O–H groups in total. The van der Waals surface area contributed by atoms with Gasteiger partial charge in [-0.15, -0.1) is 0 Å². The van der Waals surface area contributed by atoms with Crippen molar-refractivity contribution in [3.05, 3.63) is 22.4 Å². The SMILES string of the molecule is O=C(O)C(F)(F)F.O=C(c1ccsc1)N1CCC2(CC1)COCCN2CC1CC1. The van der Waals surface area contributed by atoms with Gasteiger partial charge in [-0.25, -0.2) is 4.79 Å². The van der Waals surface area contributed by atoms with Crippen molar-refractivity contribution < 1.29 is 32.6 Å². The zero-order valence-corrected chi connectivity index (χ0v) is 16.8. The van der Waals surface area contributed by atoms with Crippen molar-refractivity contribution in [3.8, 4) is 0 Å². The Morgan fingerprint density at radius 2 is 1.90 bits per heavy atom.